The second-order valence-electron chi connectivity index (χ2n) is 7.00. The number of nitrogens with zero attached hydrogens (tertiary/aromatic N) is 2. The number of fused-ring (bicyclic) bond motifs is 1. The summed E-state index contributed by atoms with van der Waals surface area (Å²) in [4.78, 5) is 21.3. The Hall–Kier alpha value is -2.63. The summed E-state index contributed by atoms with van der Waals surface area (Å²) in [5.41, 5.74) is 5.12. The van der Waals surface area contributed by atoms with E-state index in [4.69, 9.17) is 4.98 Å². The number of hydrogen-bond donors (Lipinski definition) is 0. The molecule has 0 spiro atoms. The van der Waals surface area contributed by atoms with Crippen molar-refractivity contribution in [3.63, 3.8) is 0 Å². The second kappa shape index (κ2) is 8.39. The highest BCUT2D eigenvalue weighted by Gasteiger charge is 2.24. The van der Waals surface area contributed by atoms with Gasteiger partial charge in [-0.2, -0.15) is 0 Å². The summed E-state index contributed by atoms with van der Waals surface area (Å²) in [5, 5.41) is 0.735. The van der Waals surface area contributed by atoms with E-state index in [0.29, 0.717) is 12.1 Å². The van der Waals surface area contributed by atoms with Gasteiger partial charge in [-0.15, -0.1) is 11.8 Å². The van der Waals surface area contributed by atoms with Gasteiger partial charge >= 0.3 is 0 Å². The summed E-state index contributed by atoms with van der Waals surface area (Å²) in [5.74, 6) is -0.0211. The van der Waals surface area contributed by atoms with Gasteiger partial charge in [-0.05, 0) is 55.0 Å². The van der Waals surface area contributed by atoms with Gasteiger partial charge in [0.1, 0.15) is 0 Å². The van der Waals surface area contributed by atoms with Crippen LogP contribution in [-0.2, 0) is 6.54 Å². The third-order valence-electron chi connectivity index (χ3n) is 4.81. The molecule has 1 amide bonds. The largest absolute Gasteiger partial charge is 0.279 e. The predicted octanol–water partition coefficient (Wildman–Crippen LogP) is 6.48. The highest BCUT2D eigenvalue weighted by Crippen LogP contribution is 2.34. The van der Waals surface area contributed by atoms with Crippen LogP contribution >= 0.6 is 23.1 Å². The molecule has 0 unspecified atom stereocenters. The Morgan fingerprint density at radius 2 is 1.76 bits per heavy atom. The fraction of sp³-hybridized carbons (Fsp3) is 0.167. The molecule has 3 nitrogen and oxygen atoms in total. The molecule has 0 saturated carbocycles. The number of aromatic nitrogens is 1. The minimum atomic E-state index is -0.0211. The second-order valence-corrected chi connectivity index (χ2v) is 8.83. The Morgan fingerprint density at radius 1 is 1.03 bits per heavy atom. The first-order chi connectivity index (χ1) is 14.1. The van der Waals surface area contributed by atoms with Crippen molar-refractivity contribution in [3.8, 4) is 0 Å². The number of amides is 1. The van der Waals surface area contributed by atoms with Gasteiger partial charge < -0.3 is 0 Å². The molecule has 1 heterocycles. The number of thiazole rings is 1. The van der Waals surface area contributed by atoms with Crippen molar-refractivity contribution in [3.05, 3.63) is 89.0 Å². The van der Waals surface area contributed by atoms with Crippen molar-refractivity contribution >= 4 is 44.4 Å². The maximum atomic E-state index is 13.6. The number of thioether (sulfide) groups is 1. The summed E-state index contributed by atoms with van der Waals surface area (Å²) in [6.07, 6.45) is 2.00. The number of benzene rings is 3. The minimum absolute atomic E-state index is 0.0211. The summed E-state index contributed by atoms with van der Waals surface area (Å²) in [6.45, 7) is 4.66. The van der Waals surface area contributed by atoms with E-state index in [0.717, 1.165) is 25.8 Å². The zero-order valence-electron chi connectivity index (χ0n) is 16.7. The number of aryl methyl sites for hydroxylation is 2. The smallest absolute Gasteiger partial charge is 0.261 e. The predicted molar refractivity (Wildman–Crippen MR) is 124 cm³/mol. The Bertz CT molecular complexity index is 1170. The molecule has 0 saturated heterocycles. The number of carbonyl (C=O) groups is 1. The van der Waals surface area contributed by atoms with Crippen LogP contribution in [0.1, 0.15) is 27.0 Å². The van der Waals surface area contributed by atoms with Gasteiger partial charge in [0.2, 0.25) is 0 Å². The molecule has 0 radical (unpaired) electrons. The van der Waals surface area contributed by atoms with E-state index >= 15 is 0 Å². The van der Waals surface area contributed by atoms with E-state index in [1.807, 2.05) is 65.8 Å². The Labute approximate surface area is 179 Å². The molecule has 0 aliphatic heterocycles. The van der Waals surface area contributed by atoms with Gasteiger partial charge in [0.15, 0.2) is 5.13 Å². The third kappa shape index (κ3) is 4.07. The first kappa shape index (κ1) is 19.7. The van der Waals surface area contributed by atoms with Crippen molar-refractivity contribution in [2.75, 3.05) is 11.2 Å². The highest BCUT2D eigenvalue weighted by atomic mass is 32.2. The van der Waals surface area contributed by atoms with Crippen LogP contribution in [-0.4, -0.2) is 17.1 Å². The molecule has 0 N–H and O–H groups in total. The maximum Gasteiger partial charge on any atom is 0.261 e. The lowest BCUT2D eigenvalue weighted by Gasteiger charge is -2.21. The summed E-state index contributed by atoms with van der Waals surface area (Å²) in [6, 6.07) is 22.1. The molecule has 0 aliphatic rings. The number of carbonyl (C=O) groups excluding carboxylic acids is 1. The fourth-order valence-corrected chi connectivity index (χ4v) is 5.04. The van der Waals surface area contributed by atoms with Gasteiger partial charge in [-0.25, -0.2) is 4.98 Å². The Balaban J connectivity index is 1.82. The molecule has 0 bridgehead atoms. The third-order valence-corrected chi connectivity index (χ3v) is 6.83. The monoisotopic (exact) mass is 418 g/mol. The van der Waals surface area contributed by atoms with Gasteiger partial charge in [0, 0.05) is 4.90 Å². The summed E-state index contributed by atoms with van der Waals surface area (Å²) < 4.78 is 1.13. The number of anilines is 1. The van der Waals surface area contributed by atoms with Gasteiger partial charge in [0.25, 0.3) is 5.91 Å². The van der Waals surface area contributed by atoms with E-state index in [9.17, 15) is 4.79 Å². The molecular weight excluding hydrogens is 396 g/mol. The average molecular weight is 419 g/mol. The fourth-order valence-electron chi connectivity index (χ4n) is 3.44. The van der Waals surface area contributed by atoms with Crippen molar-refractivity contribution < 1.29 is 4.79 Å². The van der Waals surface area contributed by atoms with Crippen molar-refractivity contribution in [2.24, 2.45) is 0 Å². The molecule has 5 heteroatoms. The van der Waals surface area contributed by atoms with E-state index in [-0.39, 0.29) is 5.91 Å². The Morgan fingerprint density at radius 3 is 2.52 bits per heavy atom. The van der Waals surface area contributed by atoms with Crippen LogP contribution in [0.25, 0.3) is 10.2 Å². The average Bonchev–Trinajstić information content (AvgIpc) is 3.16. The zero-order valence-corrected chi connectivity index (χ0v) is 18.3. The summed E-state index contributed by atoms with van der Waals surface area (Å²) in [7, 11) is 0. The molecule has 1 aromatic heterocycles. The maximum absolute atomic E-state index is 13.6. The Kier molecular flexibility index (Phi) is 5.69. The molecule has 3 aromatic carbocycles. The molecule has 4 aromatic rings. The molecule has 146 valence electrons. The van der Waals surface area contributed by atoms with Gasteiger partial charge in [-0.3, -0.25) is 9.69 Å². The first-order valence-corrected chi connectivity index (χ1v) is 11.5. The van der Waals surface area contributed by atoms with Crippen LogP contribution in [0.3, 0.4) is 0 Å². The lowest BCUT2D eigenvalue weighted by Crippen LogP contribution is -2.30. The highest BCUT2D eigenvalue weighted by molar-refractivity contribution is 7.98. The molecule has 4 rings (SSSR count). The van der Waals surface area contributed by atoms with E-state index in [1.54, 1.807) is 23.1 Å². The molecule has 0 aliphatic carbocycles. The van der Waals surface area contributed by atoms with E-state index < -0.39 is 0 Å². The summed E-state index contributed by atoms with van der Waals surface area (Å²) >= 11 is 3.17. The van der Waals surface area contributed by atoms with Crippen LogP contribution < -0.4 is 4.90 Å². The van der Waals surface area contributed by atoms with Crippen LogP contribution in [0.5, 0.6) is 0 Å². The van der Waals surface area contributed by atoms with Crippen molar-refractivity contribution in [1.82, 2.24) is 4.98 Å². The van der Waals surface area contributed by atoms with Crippen molar-refractivity contribution in [2.45, 2.75) is 25.3 Å². The van der Waals surface area contributed by atoms with Crippen LogP contribution in [0.4, 0.5) is 5.13 Å². The minimum Gasteiger partial charge on any atom is -0.279 e. The van der Waals surface area contributed by atoms with Crippen LogP contribution in [0.15, 0.2) is 71.6 Å². The van der Waals surface area contributed by atoms with Crippen LogP contribution in [0.2, 0.25) is 0 Å². The van der Waals surface area contributed by atoms with Gasteiger partial charge in [-0.1, -0.05) is 59.9 Å². The standard InChI is InChI=1S/C24H22N2OS2/c1-16-13-17(2)22-20(14-16)25-24(29-22)26(15-18-9-5-4-6-10-18)23(27)19-11-7-8-12-21(19)28-3/h4-14H,15H2,1-3H3. The molecule has 0 fully saturated rings. The molecule has 29 heavy (non-hydrogen) atoms. The van der Waals surface area contributed by atoms with E-state index in [1.165, 1.54) is 11.1 Å². The number of hydrogen-bond acceptors (Lipinski definition) is 4. The first-order valence-electron chi connectivity index (χ1n) is 9.43. The lowest BCUT2D eigenvalue weighted by atomic mass is 10.1. The molecular formula is C24H22N2OS2. The lowest BCUT2D eigenvalue weighted by molar-refractivity contribution is 0.0982. The van der Waals surface area contributed by atoms with Crippen LogP contribution in [0, 0.1) is 13.8 Å². The number of rotatable bonds is 5. The molecule has 0 atom stereocenters. The van der Waals surface area contributed by atoms with Crippen molar-refractivity contribution in [1.29, 1.82) is 0 Å². The topological polar surface area (TPSA) is 33.2 Å². The van der Waals surface area contributed by atoms with E-state index in [2.05, 4.69) is 26.0 Å². The quantitative estimate of drug-likeness (QED) is 0.348. The normalized spacial score (nSPS) is 11.0. The zero-order chi connectivity index (χ0) is 20.4. The SMILES string of the molecule is CSc1ccccc1C(=O)N(Cc1ccccc1)c1nc2cc(C)cc(C)c2s1. The van der Waals surface area contributed by atoms with Gasteiger partial charge in [0.05, 0.1) is 22.3 Å².